The predicted molar refractivity (Wildman–Crippen MR) is 100 cm³/mol. The molecule has 2 saturated heterocycles. The molecule has 1 aromatic carbocycles. The molecule has 1 amide bonds. The van der Waals surface area contributed by atoms with Crippen LogP contribution in [-0.4, -0.2) is 54.0 Å². The Labute approximate surface area is 155 Å². The third-order valence-electron chi connectivity index (χ3n) is 6.12. The van der Waals surface area contributed by atoms with Gasteiger partial charge in [0, 0.05) is 25.2 Å². The molecular formula is C21H30FN3O. The van der Waals surface area contributed by atoms with Crippen LogP contribution in [-0.2, 0) is 11.3 Å². The van der Waals surface area contributed by atoms with Crippen molar-refractivity contribution in [2.24, 2.45) is 5.92 Å². The molecule has 2 aliphatic heterocycles. The summed E-state index contributed by atoms with van der Waals surface area (Å²) in [5.41, 5.74) is 1.05. The number of likely N-dealkylation sites (tertiary alicyclic amines) is 2. The van der Waals surface area contributed by atoms with Crippen LogP contribution in [0.15, 0.2) is 24.3 Å². The highest BCUT2D eigenvalue weighted by Crippen LogP contribution is 2.26. The first-order valence-electron chi connectivity index (χ1n) is 10.2. The van der Waals surface area contributed by atoms with Crippen LogP contribution in [0.2, 0.25) is 0 Å². The summed E-state index contributed by atoms with van der Waals surface area (Å²) in [6.45, 7) is 4.99. The number of carbonyl (C=O) groups excluding carboxylic acids is 1. The molecule has 3 fully saturated rings. The van der Waals surface area contributed by atoms with E-state index in [1.54, 1.807) is 12.1 Å². The Morgan fingerprint density at radius 2 is 1.92 bits per heavy atom. The Bertz CT molecular complexity index is 625. The summed E-state index contributed by atoms with van der Waals surface area (Å²) in [4.78, 5) is 17.4. The van der Waals surface area contributed by atoms with Crippen molar-refractivity contribution in [2.45, 2.75) is 57.2 Å². The van der Waals surface area contributed by atoms with Crippen LogP contribution in [0.1, 0.15) is 44.1 Å². The normalized spacial score (nSPS) is 26.0. The largest absolute Gasteiger partial charge is 0.353 e. The molecule has 5 heteroatoms. The number of rotatable bonds is 5. The van der Waals surface area contributed by atoms with E-state index in [-0.39, 0.29) is 17.6 Å². The molecule has 142 valence electrons. The van der Waals surface area contributed by atoms with Gasteiger partial charge in [-0.3, -0.25) is 14.6 Å². The van der Waals surface area contributed by atoms with Crippen LogP contribution in [0, 0.1) is 11.7 Å². The van der Waals surface area contributed by atoms with Gasteiger partial charge < -0.3 is 5.32 Å². The lowest BCUT2D eigenvalue weighted by Gasteiger charge is -2.42. The number of nitrogens with one attached hydrogen (secondary N) is 1. The molecule has 0 unspecified atom stereocenters. The quantitative estimate of drug-likeness (QED) is 0.878. The first-order chi connectivity index (χ1) is 12.7. The standard InChI is InChI=1S/C21H30FN3O/c22-18-5-1-3-16(13-18)14-24-11-8-20(9-12-24)25-10-2-4-17(15-25)21(26)23-19-6-7-19/h1,3,5,13,17,19-20H,2,4,6-12,14-15H2,(H,23,26)/t17-/m1/s1. The molecule has 1 atom stereocenters. The molecule has 0 spiro atoms. The van der Waals surface area contributed by atoms with E-state index < -0.39 is 0 Å². The lowest BCUT2D eigenvalue weighted by molar-refractivity contribution is -0.127. The minimum Gasteiger partial charge on any atom is -0.353 e. The first-order valence-corrected chi connectivity index (χ1v) is 10.2. The van der Waals surface area contributed by atoms with Crippen molar-refractivity contribution in [1.82, 2.24) is 15.1 Å². The highest BCUT2D eigenvalue weighted by atomic mass is 19.1. The lowest BCUT2D eigenvalue weighted by Crippen LogP contribution is -2.50. The molecule has 3 aliphatic rings. The molecular weight excluding hydrogens is 329 g/mol. The molecule has 1 saturated carbocycles. The number of amides is 1. The second kappa shape index (κ2) is 8.05. The summed E-state index contributed by atoms with van der Waals surface area (Å²) in [5.74, 6) is 0.302. The molecule has 26 heavy (non-hydrogen) atoms. The Morgan fingerprint density at radius 1 is 1.12 bits per heavy atom. The van der Waals surface area contributed by atoms with Crippen molar-refractivity contribution in [3.8, 4) is 0 Å². The zero-order valence-corrected chi connectivity index (χ0v) is 15.5. The summed E-state index contributed by atoms with van der Waals surface area (Å²) >= 11 is 0. The Kier molecular flexibility index (Phi) is 5.55. The van der Waals surface area contributed by atoms with E-state index in [1.807, 2.05) is 6.07 Å². The maximum absolute atomic E-state index is 13.4. The lowest BCUT2D eigenvalue weighted by atomic mass is 9.93. The van der Waals surface area contributed by atoms with Crippen molar-refractivity contribution in [1.29, 1.82) is 0 Å². The SMILES string of the molecule is O=C(NC1CC1)[C@@H]1CCCN(C2CCN(Cc3cccc(F)c3)CC2)C1. The second-order valence-corrected chi connectivity index (χ2v) is 8.25. The average Bonchev–Trinajstić information content (AvgIpc) is 3.46. The molecule has 0 aromatic heterocycles. The smallest absolute Gasteiger partial charge is 0.224 e. The third-order valence-corrected chi connectivity index (χ3v) is 6.12. The first kappa shape index (κ1) is 17.9. The van der Waals surface area contributed by atoms with Crippen LogP contribution in [0.25, 0.3) is 0 Å². The highest BCUT2D eigenvalue weighted by molar-refractivity contribution is 5.79. The summed E-state index contributed by atoms with van der Waals surface area (Å²) in [6, 6.07) is 7.99. The maximum atomic E-state index is 13.4. The fourth-order valence-corrected chi connectivity index (χ4v) is 4.43. The topological polar surface area (TPSA) is 35.6 Å². The summed E-state index contributed by atoms with van der Waals surface area (Å²) < 4.78 is 13.4. The van der Waals surface area contributed by atoms with Gasteiger partial charge in [-0.15, -0.1) is 0 Å². The number of piperidine rings is 2. The Morgan fingerprint density at radius 3 is 2.65 bits per heavy atom. The summed E-state index contributed by atoms with van der Waals surface area (Å²) in [6.07, 6.45) is 6.77. The molecule has 1 aliphatic carbocycles. The predicted octanol–water partition coefficient (Wildman–Crippen LogP) is 2.78. The van der Waals surface area contributed by atoms with Gasteiger partial charge >= 0.3 is 0 Å². The molecule has 1 aromatic rings. The van der Waals surface area contributed by atoms with E-state index in [9.17, 15) is 9.18 Å². The van der Waals surface area contributed by atoms with Crippen molar-refractivity contribution >= 4 is 5.91 Å². The van der Waals surface area contributed by atoms with Gasteiger partial charge in [0.2, 0.25) is 5.91 Å². The number of carbonyl (C=O) groups is 1. The van der Waals surface area contributed by atoms with E-state index in [2.05, 4.69) is 15.1 Å². The molecule has 0 radical (unpaired) electrons. The fourth-order valence-electron chi connectivity index (χ4n) is 4.43. The third kappa shape index (κ3) is 4.63. The summed E-state index contributed by atoms with van der Waals surface area (Å²) in [5, 5.41) is 3.18. The summed E-state index contributed by atoms with van der Waals surface area (Å²) in [7, 11) is 0. The zero-order valence-electron chi connectivity index (χ0n) is 15.5. The van der Waals surface area contributed by atoms with Crippen molar-refractivity contribution in [3.63, 3.8) is 0 Å². The van der Waals surface area contributed by atoms with Gasteiger partial charge in [0.1, 0.15) is 5.82 Å². The molecule has 1 N–H and O–H groups in total. The van der Waals surface area contributed by atoms with E-state index >= 15 is 0 Å². The van der Waals surface area contributed by atoms with Gasteiger partial charge in [-0.05, 0) is 75.9 Å². The fraction of sp³-hybridized carbons (Fsp3) is 0.667. The van der Waals surface area contributed by atoms with Crippen LogP contribution in [0.5, 0.6) is 0 Å². The van der Waals surface area contributed by atoms with Gasteiger partial charge in [-0.25, -0.2) is 4.39 Å². The van der Waals surface area contributed by atoms with Gasteiger partial charge in [-0.1, -0.05) is 12.1 Å². The van der Waals surface area contributed by atoms with E-state index in [1.165, 1.54) is 6.07 Å². The van der Waals surface area contributed by atoms with Crippen LogP contribution >= 0.6 is 0 Å². The number of halogens is 1. The van der Waals surface area contributed by atoms with Gasteiger partial charge in [0.05, 0.1) is 5.92 Å². The number of hydrogen-bond acceptors (Lipinski definition) is 3. The van der Waals surface area contributed by atoms with Crippen molar-refractivity contribution in [2.75, 3.05) is 26.2 Å². The van der Waals surface area contributed by atoms with Gasteiger partial charge in [0.15, 0.2) is 0 Å². The molecule has 4 nitrogen and oxygen atoms in total. The Balaban J connectivity index is 1.25. The zero-order chi connectivity index (χ0) is 17.9. The molecule has 4 rings (SSSR count). The Hall–Kier alpha value is -1.46. The van der Waals surface area contributed by atoms with E-state index in [4.69, 9.17) is 0 Å². The van der Waals surface area contributed by atoms with Gasteiger partial charge in [0.25, 0.3) is 0 Å². The second-order valence-electron chi connectivity index (χ2n) is 8.25. The van der Waals surface area contributed by atoms with Crippen molar-refractivity contribution < 1.29 is 9.18 Å². The van der Waals surface area contributed by atoms with Crippen LogP contribution in [0.4, 0.5) is 4.39 Å². The van der Waals surface area contributed by atoms with Crippen LogP contribution in [0.3, 0.4) is 0 Å². The monoisotopic (exact) mass is 359 g/mol. The van der Waals surface area contributed by atoms with Crippen molar-refractivity contribution in [3.05, 3.63) is 35.6 Å². The number of benzene rings is 1. The number of nitrogens with zero attached hydrogens (tertiary/aromatic N) is 2. The minimum absolute atomic E-state index is 0.152. The number of hydrogen-bond donors (Lipinski definition) is 1. The van der Waals surface area contributed by atoms with E-state index in [0.29, 0.717) is 12.1 Å². The van der Waals surface area contributed by atoms with Crippen LogP contribution < -0.4 is 5.32 Å². The molecule has 2 heterocycles. The molecule has 0 bridgehead atoms. The minimum atomic E-state index is -0.152. The van der Waals surface area contributed by atoms with Gasteiger partial charge in [-0.2, -0.15) is 0 Å². The average molecular weight is 359 g/mol. The van der Waals surface area contributed by atoms with E-state index in [0.717, 1.165) is 76.8 Å². The highest BCUT2D eigenvalue weighted by Gasteiger charge is 2.33. The maximum Gasteiger partial charge on any atom is 0.224 e.